The van der Waals surface area contributed by atoms with Crippen molar-refractivity contribution in [3.8, 4) is 17.1 Å². The Hall–Kier alpha value is -3.52. The van der Waals surface area contributed by atoms with Crippen LogP contribution in [0, 0.1) is 5.41 Å². The SMILES string of the molecule is CCc1c2c(nc3ccc(OC)cc13)-c1cc3c(c(=O)n1C2)COC(=O)[C@@]3(CC)OCC(=O)C(C)(C)CC. The maximum absolute atomic E-state index is 13.8. The molecule has 0 saturated heterocycles. The normalized spacial score (nSPS) is 18.1. The highest BCUT2D eigenvalue weighted by molar-refractivity contribution is 5.90. The number of aromatic nitrogens is 2. The van der Waals surface area contributed by atoms with Crippen molar-refractivity contribution in [1.29, 1.82) is 0 Å². The summed E-state index contributed by atoms with van der Waals surface area (Å²) in [7, 11) is 1.63. The van der Waals surface area contributed by atoms with Crippen molar-refractivity contribution in [2.24, 2.45) is 5.41 Å². The lowest BCUT2D eigenvalue weighted by atomic mass is 9.84. The number of pyridine rings is 2. The van der Waals surface area contributed by atoms with Crippen LogP contribution in [0.5, 0.6) is 5.75 Å². The highest BCUT2D eigenvalue weighted by Gasteiger charge is 2.49. The average molecular weight is 519 g/mol. The summed E-state index contributed by atoms with van der Waals surface area (Å²) in [5.74, 6) is 0.0653. The van der Waals surface area contributed by atoms with E-state index < -0.39 is 17.0 Å². The van der Waals surface area contributed by atoms with Crippen molar-refractivity contribution in [1.82, 2.24) is 9.55 Å². The Bertz CT molecular complexity index is 1540. The molecule has 0 amide bonds. The summed E-state index contributed by atoms with van der Waals surface area (Å²) in [6.45, 7) is 9.56. The number of carbonyl (C=O) groups excluding carboxylic acids is 2. The lowest BCUT2D eigenvalue weighted by Gasteiger charge is -2.36. The zero-order chi connectivity index (χ0) is 27.4. The second-order valence-electron chi connectivity index (χ2n) is 10.7. The summed E-state index contributed by atoms with van der Waals surface area (Å²) in [5.41, 5.74) is 2.79. The van der Waals surface area contributed by atoms with Crippen LogP contribution < -0.4 is 10.3 Å². The topological polar surface area (TPSA) is 96.7 Å². The fraction of sp³-hybridized carbons (Fsp3) is 0.467. The summed E-state index contributed by atoms with van der Waals surface area (Å²) >= 11 is 0. The van der Waals surface area contributed by atoms with Gasteiger partial charge in [-0.15, -0.1) is 0 Å². The minimum absolute atomic E-state index is 0.105. The number of hydrogen-bond donors (Lipinski definition) is 0. The number of fused-ring (bicyclic) bond motifs is 5. The van der Waals surface area contributed by atoms with Gasteiger partial charge in [-0.05, 0) is 49.1 Å². The van der Waals surface area contributed by atoms with Crippen molar-refractivity contribution in [3.05, 3.63) is 56.9 Å². The Balaban J connectivity index is 1.68. The number of ether oxygens (including phenoxy) is 3. The molecule has 0 N–H and O–H groups in total. The lowest BCUT2D eigenvalue weighted by Crippen LogP contribution is -2.47. The molecule has 8 heteroatoms. The maximum Gasteiger partial charge on any atom is 0.343 e. The van der Waals surface area contributed by atoms with E-state index in [1.807, 2.05) is 45.0 Å². The molecule has 2 aliphatic rings. The number of esters is 1. The van der Waals surface area contributed by atoms with E-state index in [-0.39, 0.29) is 31.0 Å². The molecule has 1 aromatic carbocycles. The number of hydrogen-bond acceptors (Lipinski definition) is 7. The van der Waals surface area contributed by atoms with Crippen molar-refractivity contribution in [2.45, 2.75) is 72.6 Å². The molecule has 0 fully saturated rings. The van der Waals surface area contributed by atoms with Crippen molar-refractivity contribution >= 4 is 22.7 Å². The van der Waals surface area contributed by atoms with Gasteiger partial charge in [0.2, 0.25) is 0 Å². The van der Waals surface area contributed by atoms with E-state index in [4.69, 9.17) is 19.2 Å². The van der Waals surface area contributed by atoms with E-state index in [1.54, 1.807) is 18.6 Å². The van der Waals surface area contributed by atoms with Crippen LogP contribution in [0.2, 0.25) is 0 Å². The summed E-state index contributed by atoms with van der Waals surface area (Å²) in [4.78, 5) is 44.9. The number of aryl methyl sites for hydroxylation is 1. The third kappa shape index (κ3) is 3.76. The molecule has 0 spiro atoms. The fourth-order valence-corrected chi connectivity index (χ4v) is 5.48. The van der Waals surface area contributed by atoms with E-state index in [2.05, 4.69) is 6.92 Å². The maximum atomic E-state index is 13.8. The van der Waals surface area contributed by atoms with Gasteiger partial charge < -0.3 is 18.8 Å². The van der Waals surface area contributed by atoms with Crippen LogP contribution in [0.25, 0.3) is 22.3 Å². The van der Waals surface area contributed by atoms with Crippen molar-refractivity contribution in [3.63, 3.8) is 0 Å². The summed E-state index contributed by atoms with van der Waals surface area (Å²) in [6.07, 6.45) is 1.63. The number of Topliss-reactive ketones (excluding diaryl/α,β-unsaturated/α-hetero) is 1. The zero-order valence-corrected chi connectivity index (χ0v) is 22.9. The highest BCUT2D eigenvalue weighted by Crippen LogP contribution is 2.42. The Morgan fingerprint density at radius 3 is 2.58 bits per heavy atom. The first-order valence-corrected chi connectivity index (χ1v) is 13.2. The molecule has 3 aromatic rings. The Morgan fingerprint density at radius 1 is 1.16 bits per heavy atom. The smallest absolute Gasteiger partial charge is 0.343 e. The number of ketones is 1. The van der Waals surface area contributed by atoms with Gasteiger partial charge in [0.05, 0.1) is 36.1 Å². The van der Waals surface area contributed by atoms with Crippen LogP contribution in [0.15, 0.2) is 29.1 Å². The van der Waals surface area contributed by atoms with Gasteiger partial charge in [-0.3, -0.25) is 9.59 Å². The van der Waals surface area contributed by atoms with Crippen LogP contribution >= 0.6 is 0 Å². The van der Waals surface area contributed by atoms with Crippen LogP contribution in [-0.4, -0.2) is 35.0 Å². The molecule has 0 saturated carbocycles. The molecule has 2 aromatic heterocycles. The Morgan fingerprint density at radius 2 is 1.92 bits per heavy atom. The minimum atomic E-state index is -1.54. The van der Waals surface area contributed by atoms with Gasteiger partial charge in [0.1, 0.15) is 19.0 Å². The highest BCUT2D eigenvalue weighted by atomic mass is 16.6. The lowest BCUT2D eigenvalue weighted by molar-refractivity contribution is -0.182. The third-order valence-corrected chi connectivity index (χ3v) is 8.42. The van der Waals surface area contributed by atoms with Crippen LogP contribution in [0.4, 0.5) is 0 Å². The number of benzene rings is 1. The predicted octanol–water partition coefficient (Wildman–Crippen LogP) is 4.68. The fourth-order valence-electron chi connectivity index (χ4n) is 5.48. The van der Waals surface area contributed by atoms with E-state index in [1.165, 1.54) is 0 Å². The standard InChI is InChI=1S/C30H34N2O6/c1-7-18-19-12-17(36-6)10-11-23(19)31-26-20(18)14-32-24(26)13-22-21(27(32)34)15-37-28(35)30(22,9-3)38-16-25(33)29(4,5)8-2/h10-13H,7-9,14-16H2,1-6H3/t30-/m0/s1. The van der Waals surface area contributed by atoms with Gasteiger partial charge in [-0.2, -0.15) is 0 Å². The molecule has 0 radical (unpaired) electrons. The molecule has 0 aliphatic carbocycles. The monoisotopic (exact) mass is 518 g/mol. The van der Waals surface area contributed by atoms with Crippen LogP contribution in [-0.2, 0) is 44.2 Å². The van der Waals surface area contributed by atoms with Gasteiger partial charge >= 0.3 is 5.97 Å². The van der Waals surface area contributed by atoms with Crippen molar-refractivity contribution in [2.75, 3.05) is 13.7 Å². The van der Waals surface area contributed by atoms with Crippen LogP contribution in [0.3, 0.4) is 0 Å². The quantitative estimate of drug-likeness (QED) is 0.313. The molecule has 200 valence electrons. The van der Waals surface area contributed by atoms with Crippen LogP contribution in [0.1, 0.15) is 69.7 Å². The predicted molar refractivity (Wildman–Crippen MR) is 143 cm³/mol. The Labute approximate surface area is 221 Å². The zero-order valence-electron chi connectivity index (χ0n) is 22.9. The largest absolute Gasteiger partial charge is 0.497 e. The molecular formula is C30H34N2O6. The molecule has 5 rings (SSSR count). The number of cyclic esters (lactones) is 1. The summed E-state index contributed by atoms with van der Waals surface area (Å²) in [5, 5.41) is 0.998. The molecule has 8 nitrogen and oxygen atoms in total. The number of carbonyl (C=O) groups is 2. The first-order chi connectivity index (χ1) is 18.1. The van der Waals surface area contributed by atoms with E-state index >= 15 is 0 Å². The molecular weight excluding hydrogens is 484 g/mol. The second-order valence-corrected chi connectivity index (χ2v) is 10.7. The number of rotatable bonds is 8. The van der Waals surface area contributed by atoms with Gasteiger partial charge in [-0.25, -0.2) is 9.78 Å². The molecule has 38 heavy (non-hydrogen) atoms. The molecule has 2 aliphatic heterocycles. The minimum Gasteiger partial charge on any atom is -0.497 e. The van der Waals surface area contributed by atoms with Gasteiger partial charge in [-0.1, -0.05) is 34.6 Å². The first kappa shape index (κ1) is 26.1. The molecule has 4 heterocycles. The summed E-state index contributed by atoms with van der Waals surface area (Å²) in [6, 6.07) is 7.63. The van der Waals surface area contributed by atoms with Gasteiger partial charge in [0.25, 0.3) is 5.56 Å². The molecule has 0 bridgehead atoms. The van der Waals surface area contributed by atoms with E-state index in [0.29, 0.717) is 29.8 Å². The number of nitrogens with zero attached hydrogens (tertiary/aromatic N) is 2. The third-order valence-electron chi connectivity index (χ3n) is 8.42. The summed E-state index contributed by atoms with van der Waals surface area (Å²) < 4.78 is 18.8. The molecule has 0 unspecified atom stereocenters. The van der Waals surface area contributed by atoms with Gasteiger partial charge in [0.15, 0.2) is 11.4 Å². The van der Waals surface area contributed by atoms with Gasteiger partial charge in [0, 0.05) is 21.9 Å². The Kier molecular flexibility index (Phi) is 6.42. The van der Waals surface area contributed by atoms with Crippen molar-refractivity contribution < 1.29 is 23.8 Å². The second kappa shape index (κ2) is 9.34. The average Bonchev–Trinajstić information content (AvgIpc) is 3.29. The number of methoxy groups -OCH3 is 1. The first-order valence-electron chi connectivity index (χ1n) is 13.2. The van der Waals surface area contributed by atoms with E-state index in [9.17, 15) is 14.4 Å². The van der Waals surface area contributed by atoms with E-state index in [0.717, 1.165) is 39.9 Å². The molecule has 1 atom stereocenters.